The van der Waals surface area contributed by atoms with Crippen LogP contribution in [-0.4, -0.2) is 21.4 Å². The van der Waals surface area contributed by atoms with E-state index in [-0.39, 0.29) is 11.3 Å². The number of carbonyl (C=O) groups excluding carboxylic acids is 1. The summed E-state index contributed by atoms with van der Waals surface area (Å²) in [6.07, 6.45) is 6.01. The zero-order valence-corrected chi connectivity index (χ0v) is 13.2. The second-order valence-corrected chi connectivity index (χ2v) is 9.16. The van der Waals surface area contributed by atoms with Crippen LogP contribution in [0.1, 0.15) is 46.5 Å². The van der Waals surface area contributed by atoms with Crippen molar-refractivity contribution in [2.45, 2.75) is 65.7 Å². The maximum absolute atomic E-state index is 11.0. The average Bonchev–Trinajstić information content (AvgIpc) is 2.24. The highest BCUT2D eigenvalue weighted by molar-refractivity contribution is 6.48. The highest BCUT2D eigenvalue weighted by Gasteiger charge is 2.36. The average molecular weight is 256 g/mol. The van der Waals surface area contributed by atoms with Gasteiger partial charge in [-0.05, 0) is 43.7 Å². The summed E-state index contributed by atoms with van der Waals surface area (Å²) in [5.74, 6) is 0.852. The van der Waals surface area contributed by atoms with Gasteiger partial charge in [0.2, 0.25) is 0 Å². The molecule has 3 unspecified atom stereocenters. The van der Waals surface area contributed by atoms with Gasteiger partial charge < -0.3 is 9.22 Å². The van der Waals surface area contributed by atoms with Crippen LogP contribution < -0.4 is 0 Å². The van der Waals surface area contributed by atoms with Crippen LogP contribution in [0.3, 0.4) is 0 Å². The fourth-order valence-electron chi connectivity index (χ4n) is 2.98. The fraction of sp³-hybridized carbons (Fsp3) is 0.929. The molecule has 1 rings (SSSR count). The van der Waals surface area contributed by atoms with Gasteiger partial charge in [-0.15, -0.1) is 0 Å². The Morgan fingerprint density at radius 2 is 1.94 bits per heavy atom. The molecule has 100 valence electrons. The minimum absolute atomic E-state index is 0.187. The highest BCUT2D eigenvalue weighted by Crippen LogP contribution is 2.38. The molecule has 1 saturated carbocycles. The molecule has 0 spiro atoms. The Kier molecular flexibility index (Phi) is 5.39. The molecule has 0 N–H and O–H groups in total. The second kappa shape index (κ2) is 6.14. The number of hydrogen-bond acceptors (Lipinski definition) is 2. The Hall–Kier alpha value is -0.153. The van der Waals surface area contributed by atoms with Gasteiger partial charge in [0.05, 0.1) is 6.10 Å². The molecule has 0 aromatic rings. The predicted octanol–water partition coefficient (Wildman–Crippen LogP) is 3.41. The summed E-state index contributed by atoms with van der Waals surface area (Å²) in [7, 11) is -1.02. The lowest BCUT2D eigenvalue weighted by atomic mass is 9.72. The largest absolute Gasteiger partial charge is 0.417 e. The summed E-state index contributed by atoms with van der Waals surface area (Å²) in [5.41, 5.74) is 0.187. The van der Waals surface area contributed by atoms with E-state index < -0.39 is 9.04 Å². The van der Waals surface area contributed by atoms with Gasteiger partial charge in [-0.2, -0.15) is 0 Å². The van der Waals surface area contributed by atoms with E-state index in [0.717, 1.165) is 19.1 Å². The maximum atomic E-state index is 11.0. The third-order valence-electron chi connectivity index (χ3n) is 3.65. The zero-order valence-electron chi connectivity index (χ0n) is 12.0. The molecule has 0 amide bonds. The second-order valence-electron chi connectivity index (χ2n) is 6.79. The SMILES string of the molecule is C[SiH](C)OC(C1CCCC(C=O)C1)C(C)(C)C. The van der Waals surface area contributed by atoms with Crippen molar-refractivity contribution in [1.29, 1.82) is 0 Å². The lowest BCUT2D eigenvalue weighted by molar-refractivity contribution is -0.113. The standard InChI is InChI=1S/C14H28O2Si/c1-14(2,3)13(16-17(4)5)12-8-6-7-11(9-12)10-15/h10-13,17H,6-9H2,1-5H3. The Labute approximate surface area is 108 Å². The van der Waals surface area contributed by atoms with Crippen molar-refractivity contribution in [2.24, 2.45) is 17.3 Å². The molecule has 1 fully saturated rings. The van der Waals surface area contributed by atoms with Crippen LogP contribution in [0.5, 0.6) is 0 Å². The summed E-state index contributed by atoms with van der Waals surface area (Å²) in [6, 6.07) is 0. The van der Waals surface area contributed by atoms with Crippen molar-refractivity contribution < 1.29 is 9.22 Å². The first kappa shape index (κ1) is 14.9. The van der Waals surface area contributed by atoms with Crippen LogP contribution >= 0.6 is 0 Å². The summed E-state index contributed by atoms with van der Waals surface area (Å²) >= 11 is 0. The monoisotopic (exact) mass is 256 g/mol. The maximum Gasteiger partial charge on any atom is 0.171 e. The first-order valence-corrected chi connectivity index (χ1v) is 9.73. The van der Waals surface area contributed by atoms with Crippen molar-refractivity contribution >= 4 is 15.3 Å². The quantitative estimate of drug-likeness (QED) is 0.569. The predicted molar refractivity (Wildman–Crippen MR) is 74.7 cm³/mol. The van der Waals surface area contributed by atoms with E-state index in [1.807, 2.05) is 0 Å². The highest BCUT2D eigenvalue weighted by atomic mass is 28.3. The molecule has 0 heterocycles. The van der Waals surface area contributed by atoms with Gasteiger partial charge in [-0.3, -0.25) is 0 Å². The topological polar surface area (TPSA) is 26.3 Å². The molecule has 0 aromatic carbocycles. The third kappa shape index (κ3) is 4.55. The summed E-state index contributed by atoms with van der Waals surface area (Å²) in [5, 5.41) is 0. The van der Waals surface area contributed by atoms with Crippen LogP contribution in [0.25, 0.3) is 0 Å². The van der Waals surface area contributed by atoms with E-state index in [1.165, 1.54) is 12.8 Å². The Balaban J connectivity index is 2.72. The minimum atomic E-state index is -1.02. The minimum Gasteiger partial charge on any atom is -0.417 e. The van der Waals surface area contributed by atoms with E-state index in [2.05, 4.69) is 33.9 Å². The lowest BCUT2D eigenvalue weighted by Crippen LogP contribution is -2.41. The number of carbonyl (C=O) groups is 1. The van der Waals surface area contributed by atoms with Crippen LogP contribution in [0.15, 0.2) is 0 Å². The van der Waals surface area contributed by atoms with E-state index in [9.17, 15) is 4.79 Å². The van der Waals surface area contributed by atoms with Crippen LogP contribution in [-0.2, 0) is 9.22 Å². The van der Waals surface area contributed by atoms with Crippen molar-refractivity contribution in [3.8, 4) is 0 Å². The van der Waals surface area contributed by atoms with E-state index in [4.69, 9.17) is 4.43 Å². The molecule has 0 bridgehead atoms. The molecule has 1 aliphatic carbocycles. The Morgan fingerprint density at radius 1 is 1.29 bits per heavy atom. The van der Waals surface area contributed by atoms with Crippen molar-refractivity contribution in [2.75, 3.05) is 0 Å². The molecule has 17 heavy (non-hydrogen) atoms. The first-order chi connectivity index (χ1) is 7.84. The van der Waals surface area contributed by atoms with Gasteiger partial charge in [0.15, 0.2) is 9.04 Å². The number of rotatable bonds is 4. The normalized spacial score (nSPS) is 28.1. The van der Waals surface area contributed by atoms with Crippen LogP contribution in [0, 0.1) is 17.3 Å². The lowest BCUT2D eigenvalue weighted by Gasteiger charge is -2.41. The molecule has 1 aliphatic rings. The van der Waals surface area contributed by atoms with E-state index in [0.29, 0.717) is 12.0 Å². The zero-order chi connectivity index (χ0) is 13.1. The van der Waals surface area contributed by atoms with Gasteiger partial charge in [0, 0.05) is 5.92 Å². The van der Waals surface area contributed by atoms with Gasteiger partial charge in [0.1, 0.15) is 6.29 Å². The van der Waals surface area contributed by atoms with E-state index in [1.54, 1.807) is 0 Å². The van der Waals surface area contributed by atoms with Crippen molar-refractivity contribution in [3.05, 3.63) is 0 Å². The molecule has 3 heteroatoms. The third-order valence-corrected chi connectivity index (χ3v) is 4.49. The molecule has 0 radical (unpaired) electrons. The summed E-state index contributed by atoms with van der Waals surface area (Å²) in [4.78, 5) is 11.0. The van der Waals surface area contributed by atoms with Gasteiger partial charge in [-0.1, -0.05) is 27.2 Å². The van der Waals surface area contributed by atoms with Gasteiger partial charge in [-0.25, -0.2) is 0 Å². The van der Waals surface area contributed by atoms with Crippen LogP contribution in [0.4, 0.5) is 0 Å². The molecular formula is C14H28O2Si. The molecule has 0 saturated heterocycles. The smallest absolute Gasteiger partial charge is 0.171 e. The summed E-state index contributed by atoms with van der Waals surface area (Å²) in [6.45, 7) is 11.3. The van der Waals surface area contributed by atoms with Crippen molar-refractivity contribution in [1.82, 2.24) is 0 Å². The molecule has 2 nitrogen and oxygen atoms in total. The Morgan fingerprint density at radius 3 is 2.41 bits per heavy atom. The van der Waals surface area contributed by atoms with Gasteiger partial charge in [0.25, 0.3) is 0 Å². The summed E-state index contributed by atoms with van der Waals surface area (Å²) < 4.78 is 6.27. The number of hydrogen-bond donors (Lipinski definition) is 0. The fourth-order valence-corrected chi connectivity index (χ4v) is 4.20. The molecule has 0 aromatic heterocycles. The van der Waals surface area contributed by atoms with E-state index >= 15 is 0 Å². The molecular weight excluding hydrogens is 228 g/mol. The van der Waals surface area contributed by atoms with Gasteiger partial charge >= 0.3 is 0 Å². The molecule has 3 atom stereocenters. The number of aldehydes is 1. The molecule has 0 aliphatic heterocycles. The van der Waals surface area contributed by atoms with Crippen LogP contribution in [0.2, 0.25) is 13.1 Å². The van der Waals surface area contributed by atoms with Crippen molar-refractivity contribution in [3.63, 3.8) is 0 Å². The first-order valence-electron chi connectivity index (χ1n) is 6.95. The Bertz CT molecular complexity index is 245.